The summed E-state index contributed by atoms with van der Waals surface area (Å²) in [5.41, 5.74) is 2.71. The number of carbonyl (C=O) groups is 1. The Morgan fingerprint density at radius 2 is 2.19 bits per heavy atom. The van der Waals surface area contributed by atoms with Crippen LogP contribution in [0.3, 0.4) is 0 Å². The molecule has 1 aliphatic rings. The Morgan fingerprint density at radius 3 is 2.96 bits per heavy atom. The van der Waals surface area contributed by atoms with Crippen molar-refractivity contribution in [2.24, 2.45) is 0 Å². The van der Waals surface area contributed by atoms with E-state index in [-0.39, 0.29) is 6.03 Å². The number of urea groups is 1. The van der Waals surface area contributed by atoms with Crippen LogP contribution in [0.1, 0.15) is 34.2 Å². The second-order valence-electron chi connectivity index (χ2n) is 6.66. The lowest BCUT2D eigenvalue weighted by atomic mass is 10.0. The molecule has 1 aliphatic carbocycles. The van der Waals surface area contributed by atoms with Gasteiger partial charge in [-0.05, 0) is 61.2 Å². The molecule has 0 saturated heterocycles. The molecule has 0 spiro atoms. The van der Waals surface area contributed by atoms with E-state index in [2.05, 4.69) is 20.8 Å². The smallest absolute Gasteiger partial charge is 0.321 e. The number of aryl methyl sites for hydroxylation is 3. The number of hydrogen-bond donors (Lipinski definition) is 1. The van der Waals surface area contributed by atoms with Gasteiger partial charge < -0.3 is 10.2 Å². The van der Waals surface area contributed by atoms with E-state index in [0.29, 0.717) is 18.1 Å². The van der Waals surface area contributed by atoms with Crippen LogP contribution in [0.15, 0.2) is 24.3 Å². The Labute approximate surface area is 161 Å². The Balaban J connectivity index is 1.42. The fourth-order valence-corrected chi connectivity index (χ4v) is 4.36. The van der Waals surface area contributed by atoms with Crippen LogP contribution in [0.2, 0.25) is 0 Å². The molecule has 0 saturated carbocycles. The highest BCUT2D eigenvalue weighted by Gasteiger charge is 2.18. The van der Waals surface area contributed by atoms with Gasteiger partial charge in [0.25, 0.3) is 0 Å². The zero-order valence-electron chi connectivity index (χ0n) is 15.3. The van der Waals surface area contributed by atoms with Crippen LogP contribution in [0.25, 0.3) is 5.69 Å². The van der Waals surface area contributed by atoms with Crippen LogP contribution in [-0.4, -0.2) is 43.2 Å². The first-order valence-electron chi connectivity index (χ1n) is 8.95. The fraction of sp³-hybridized carbons (Fsp3) is 0.389. The van der Waals surface area contributed by atoms with E-state index in [1.54, 1.807) is 28.0 Å². The quantitative estimate of drug-likeness (QED) is 0.748. The molecule has 2 amide bonds. The molecule has 0 bridgehead atoms. The van der Waals surface area contributed by atoms with Gasteiger partial charge in [0.2, 0.25) is 0 Å². The SMILES string of the molecule is Cc1nnnn1-c1cccc(NC(=O)N(C)Cc2nc3c(s2)CCCC3)c1. The van der Waals surface area contributed by atoms with Crippen LogP contribution >= 0.6 is 11.3 Å². The number of tetrazole rings is 1. The van der Waals surface area contributed by atoms with E-state index in [4.69, 9.17) is 4.98 Å². The lowest BCUT2D eigenvalue weighted by molar-refractivity contribution is 0.220. The lowest BCUT2D eigenvalue weighted by Gasteiger charge is -2.17. The molecule has 9 heteroatoms. The molecule has 8 nitrogen and oxygen atoms in total. The molecule has 0 radical (unpaired) electrons. The average Bonchev–Trinajstić information content (AvgIpc) is 3.27. The number of hydrogen-bond acceptors (Lipinski definition) is 6. The molecule has 0 atom stereocenters. The van der Waals surface area contributed by atoms with Gasteiger partial charge in [0, 0.05) is 17.6 Å². The van der Waals surface area contributed by atoms with E-state index < -0.39 is 0 Å². The largest absolute Gasteiger partial charge is 0.321 e. The average molecular weight is 383 g/mol. The zero-order chi connectivity index (χ0) is 18.8. The first-order valence-corrected chi connectivity index (χ1v) is 9.77. The van der Waals surface area contributed by atoms with Gasteiger partial charge in [-0.2, -0.15) is 4.68 Å². The number of aromatic nitrogens is 5. The molecule has 2 heterocycles. The summed E-state index contributed by atoms with van der Waals surface area (Å²) in [6.07, 6.45) is 4.63. The summed E-state index contributed by atoms with van der Waals surface area (Å²) >= 11 is 1.73. The normalized spacial score (nSPS) is 13.3. The maximum absolute atomic E-state index is 12.6. The lowest BCUT2D eigenvalue weighted by Crippen LogP contribution is -2.30. The predicted molar refractivity (Wildman–Crippen MR) is 103 cm³/mol. The summed E-state index contributed by atoms with van der Waals surface area (Å²) in [6, 6.07) is 7.27. The number of nitrogens with one attached hydrogen (secondary N) is 1. The highest BCUT2D eigenvalue weighted by Crippen LogP contribution is 2.27. The van der Waals surface area contributed by atoms with Gasteiger partial charge in [0.05, 0.1) is 17.9 Å². The van der Waals surface area contributed by atoms with Crippen molar-refractivity contribution in [1.82, 2.24) is 30.1 Å². The topological polar surface area (TPSA) is 88.8 Å². The van der Waals surface area contributed by atoms with Gasteiger partial charge >= 0.3 is 6.03 Å². The van der Waals surface area contributed by atoms with Crippen LogP contribution in [0.5, 0.6) is 0 Å². The molecule has 0 unspecified atom stereocenters. The molecule has 3 aromatic rings. The number of amides is 2. The molecule has 4 rings (SSSR count). The number of thiazole rings is 1. The third-order valence-corrected chi connectivity index (χ3v) is 5.72. The monoisotopic (exact) mass is 383 g/mol. The first-order chi connectivity index (χ1) is 13.1. The van der Waals surface area contributed by atoms with Crippen molar-refractivity contribution in [2.45, 2.75) is 39.2 Å². The predicted octanol–water partition coefficient (Wildman–Crippen LogP) is 2.97. The molecule has 0 fully saturated rings. The maximum Gasteiger partial charge on any atom is 0.321 e. The van der Waals surface area contributed by atoms with Crippen LogP contribution in [0.4, 0.5) is 10.5 Å². The van der Waals surface area contributed by atoms with Crippen molar-refractivity contribution in [2.75, 3.05) is 12.4 Å². The molecule has 2 aromatic heterocycles. The summed E-state index contributed by atoms with van der Waals surface area (Å²) in [6.45, 7) is 2.34. The minimum absolute atomic E-state index is 0.172. The van der Waals surface area contributed by atoms with Crippen molar-refractivity contribution in [3.05, 3.63) is 45.7 Å². The number of fused-ring (bicyclic) bond motifs is 1. The van der Waals surface area contributed by atoms with Crippen LogP contribution < -0.4 is 5.32 Å². The minimum Gasteiger partial charge on any atom is -0.321 e. The van der Waals surface area contributed by atoms with Crippen molar-refractivity contribution >= 4 is 23.1 Å². The number of nitrogens with zero attached hydrogens (tertiary/aromatic N) is 6. The Morgan fingerprint density at radius 1 is 1.33 bits per heavy atom. The highest BCUT2D eigenvalue weighted by atomic mass is 32.1. The van der Waals surface area contributed by atoms with Crippen LogP contribution in [-0.2, 0) is 19.4 Å². The molecular weight excluding hydrogens is 362 g/mol. The maximum atomic E-state index is 12.6. The van der Waals surface area contributed by atoms with Gasteiger partial charge in [-0.3, -0.25) is 0 Å². The van der Waals surface area contributed by atoms with E-state index in [1.807, 2.05) is 31.2 Å². The van der Waals surface area contributed by atoms with Gasteiger partial charge in [0.15, 0.2) is 5.82 Å². The summed E-state index contributed by atoms with van der Waals surface area (Å²) in [7, 11) is 1.78. The number of carbonyl (C=O) groups excluding carboxylic acids is 1. The van der Waals surface area contributed by atoms with Crippen molar-refractivity contribution in [1.29, 1.82) is 0 Å². The molecule has 1 N–H and O–H groups in total. The molecule has 0 aliphatic heterocycles. The number of anilines is 1. The van der Waals surface area contributed by atoms with E-state index in [9.17, 15) is 4.79 Å². The van der Waals surface area contributed by atoms with Gasteiger partial charge in [0.1, 0.15) is 5.01 Å². The zero-order valence-corrected chi connectivity index (χ0v) is 16.2. The summed E-state index contributed by atoms with van der Waals surface area (Å²) in [4.78, 5) is 20.3. The standard InChI is InChI=1S/C18H21N7OS/c1-12-21-22-23-25(12)14-7-5-6-13(10-14)19-18(26)24(2)11-17-20-15-8-3-4-9-16(15)27-17/h5-7,10H,3-4,8-9,11H2,1-2H3,(H,19,26). The second kappa shape index (κ2) is 7.43. The Hall–Kier alpha value is -2.81. The van der Waals surface area contributed by atoms with E-state index in [0.717, 1.165) is 23.5 Å². The number of benzene rings is 1. The molecule has 27 heavy (non-hydrogen) atoms. The van der Waals surface area contributed by atoms with E-state index >= 15 is 0 Å². The van der Waals surface area contributed by atoms with Gasteiger partial charge in [-0.1, -0.05) is 6.07 Å². The Bertz CT molecular complexity index is 941. The van der Waals surface area contributed by atoms with Gasteiger partial charge in [-0.15, -0.1) is 16.4 Å². The van der Waals surface area contributed by atoms with E-state index in [1.165, 1.54) is 23.4 Å². The minimum atomic E-state index is -0.172. The fourth-order valence-electron chi connectivity index (χ4n) is 3.15. The first kappa shape index (κ1) is 17.6. The molecule has 1 aromatic carbocycles. The van der Waals surface area contributed by atoms with Crippen molar-refractivity contribution in [3.63, 3.8) is 0 Å². The van der Waals surface area contributed by atoms with Gasteiger partial charge in [-0.25, -0.2) is 9.78 Å². The Kier molecular flexibility index (Phi) is 4.85. The highest BCUT2D eigenvalue weighted by molar-refractivity contribution is 7.11. The summed E-state index contributed by atoms with van der Waals surface area (Å²) < 4.78 is 1.62. The third-order valence-electron chi connectivity index (χ3n) is 4.58. The van der Waals surface area contributed by atoms with Crippen LogP contribution in [0, 0.1) is 6.92 Å². The molecular formula is C18H21N7OS. The number of rotatable bonds is 4. The van der Waals surface area contributed by atoms with Crippen molar-refractivity contribution < 1.29 is 4.79 Å². The summed E-state index contributed by atoms with van der Waals surface area (Å²) in [5.74, 6) is 0.684. The third kappa shape index (κ3) is 3.82. The van der Waals surface area contributed by atoms with Crippen molar-refractivity contribution in [3.8, 4) is 5.69 Å². The summed E-state index contributed by atoms with van der Waals surface area (Å²) in [5, 5.41) is 15.4. The molecule has 140 valence electrons. The second-order valence-corrected chi connectivity index (χ2v) is 7.83.